The molecule has 4 nitrogen and oxygen atoms in total. The van der Waals surface area contributed by atoms with Crippen LogP contribution in [-0.2, 0) is 9.59 Å². The first-order valence-corrected chi connectivity index (χ1v) is 7.67. The van der Waals surface area contributed by atoms with E-state index in [2.05, 4.69) is 0 Å². The van der Waals surface area contributed by atoms with Crippen molar-refractivity contribution in [3.8, 4) is 0 Å². The van der Waals surface area contributed by atoms with Crippen LogP contribution in [0.5, 0.6) is 0 Å². The summed E-state index contributed by atoms with van der Waals surface area (Å²) in [4.78, 5) is 27.2. The van der Waals surface area contributed by atoms with Gasteiger partial charge in [-0.05, 0) is 29.3 Å². The Morgan fingerprint density at radius 1 is 1.56 bits per heavy atom. The third-order valence-electron chi connectivity index (χ3n) is 2.95. The Morgan fingerprint density at radius 3 is 2.83 bits per heavy atom. The van der Waals surface area contributed by atoms with Gasteiger partial charge in [0.2, 0.25) is 11.8 Å². The van der Waals surface area contributed by atoms with Crippen LogP contribution in [0.15, 0.2) is 16.8 Å². The van der Waals surface area contributed by atoms with Gasteiger partial charge in [-0.25, -0.2) is 0 Å². The molecule has 1 saturated heterocycles. The molecular weight excluding hydrogens is 268 g/mol. The average molecular weight is 284 g/mol. The van der Waals surface area contributed by atoms with E-state index in [0.717, 1.165) is 5.56 Å². The molecule has 0 bridgehead atoms. The molecule has 98 valence electrons. The highest BCUT2D eigenvalue weighted by atomic mass is 32.2. The number of amides is 2. The molecule has 0 unspecified atom stereocenters. The van der Waals surface area contributed by atoms with Crippen LogP contribution >= 0.6 is 23.1 Å². The van der Waals surface area contributed by atoms with Crippen LogP contribution in [0.3, 0.4) is 0 Å². The summed E-state index contributed by atoms with van der Waals surface area (Å²) in [6.07, 6.45) is 0. The molecule has 0 radical (unpaired) electrons. The number of hydrogen-bond donors (Lipinski definition) is 0. The maximum Gasteiger partial charge on any atom is 0.244 e. The predicted molar refractivity (Wildman–Crippen MR) is 74.5 cm³/mol. The third kappa shape index (κ3) is 2.40. The number of thiophene rings is 1. The topological polar surface area (TPSA) is 40.6 Å². The average Bonchev–Trinajstić information content (AvgIpc) is 2.95. The van der Waals surface area contributed by atoms with Gasteiger partial charge in [-0.2, -0.15) is 11.3 Å². The lowest BCUT2D eigenvalue weighted by atomic mass is 10.2. The van der Waals surface area contributed by atoms with E-state index < -0.39 is 6.04 Å². The van der Waals surface area contributed by atoms with Gasteiger partial charge in [0.1, 0.15) is 11.4 Å². The second kappa shape index (κ2) is 5.32. The standard InChI is InChI=1S/C12H16N2O2S2/c1-8(11(16)13(2)3)14-10(15)7-18-12(14)9-4-5-17-6-9/h4-6,8,12H,7H2,1-3H3/t8-,12+/m0/s1. The number of carbonyl (C=O) groups excluding carboxylic acids is 2. The minimum absolute atomic E-state index is 0.0253. The number of carbonyl (C=O) groups is 2. The summed E-state index contributed by atoms with van der Waals surface area (Å²) in [7, 11) is 3.43. The smallest absolute Gasteiger partial charge is 0.244 e. The van der Waals surface area contributed by atoms with E-state index in [1.54, 1.807) is 49.0 Å². The second-order valence-electron chi connectivity index (χ2n) is 4.43. The van der Waals surface area contributed by atoms with Crippen molar-refractivity contribution in [3.05, 3.63) is 22.4 Å². The Hall–Kier alpha value is -1.01. The largest absolute Gasteiger partial charge is 0.347 e. The van der Waals surface area contributed by atoms with Crippen molar-refractivity contribution in [2.24, 2.45) is 0 Å². The van der Waals surface area contributed by atoms with Crippen LogP contribution < -0.4 is 0 Å². The summed E-state index contributed by atoms with van der Waals surface area (Å²) in [6.45, 7) is 1.80. The summed E-state index contributed by atoms with van der Waals surface area (Å²) in [5.74, 6) is 0.455. The zero-order valence-electron chi connectivity index (χ0n) is 10.6. The van der Waals surface area contributed by atoms with Gasteiger partial charge in [0, 0.05) is 14.1 Å². The normalized spacial score (nSPS) is 21.2. The molecule has 18 heavy (non-hydrogen) atoms. The molecule has 2 amide bonds. The Kier molecular flexibility index (Phi) is 3.97. The number of hydrogen-bond acceptors (Lipinski definition) is 4. The maximum absolute atomic E-state index is 12.0. The minimum atomic E-state index is -0.410. The SMILES string of the molecule is C[C@@H](C(=O)N(C)C)N1C(=O)CS[C@@H]1c1ccsc1. The van der Waals surface area contributed by atoms with Gasteiger partial charge >= 0.3 is 0 Å². The Bertz CT molecular complexity index is 445. The van der Waals surface area contributed by atoms with Crippen molar-refractivity contribution in [3.63, 3.8) is 0 Å². The first kappa shape index (κ1) is 13.4. The van der Waals surface area contributed by atoms with Crippen LogP contribution in [0.1, 0.15) is 17.9 Å². The number of likely N-dealkylation sites (N-methyl/N-ethyl adjacent to an activating group) is 1. The summed E-state index contributed by atoms with van der Waals surface area (Å²) >= 11 is 3.20. The molecule has 2 heterocycles. The molecule has 0 aromatic carbocycles. The van der Waals surface area contributed by atoms with Gasteiger partial charge in [-0.1, -0.05) is 0 Å². The van der Waals surface area contributed by atoms with Gasteiger partial charge < -0.3 is 9.80 Å². The van der Waals surface area contributed by atoms with E-state index >= 15 is 0 Å². The van der Waals surface area contributed by atoms with Crippen molar-refractivity contribution < 1.29 is 9.59 Å². The van der Waals surface area contributed by atoms with Crippen LogP contribution in [-0.4, -0.2) is 47.5 Å². The number of thioether (sulfide) groups is 1. The van der Waals surface area contributed by atoms with Gasteiger partial charge in [0.05, 0.1) is 5.75 Å². The van der Waals surface area contributed by atoms with Gasteiger partial charge in [0.25, 0.3) is 0 Å². The van der Waals surface area contributed by atoms with Crippen molar-refractivity contribution in [1.29, 1.82) is 0 Å². The van der Waals surface area contributed by atoms with E-state index in [4.69, 9.17) is 0 Å². The minimum Gasteiger partial charge on any atom is -0.347 e. The van der Waals surface area contributed by atoms with Gasteiger partial charge in [-0.3, -0.25) is 9.59 Å². The fourth-order valence-electron chi connectivity index (χ4n) is 2.02. The van der Waals surface area contributed by atoms with Gasteiger partial charge in [0.15, 0.2) is 0 Å². The Morgan fingerprint density at radius 2 is 2.28 bits per heavy atom. The Balaban J connectivity index is 2.23. The molecule has 1 aliphatic heterocycles. The van der Waals surface area contributed by atoms with Crippen molar-refractivity contribution >= 4 is 34.9 Å². The number of nitrogens with zero attached hydrogens (tertiary/aromatic N) is 2. The third-order valence-corrected chi connectivity index (χ3v) is 4.88. The highest BCUT2D eigenvalue weighted by Crippen LogP contribution is 2.40. The number of rotatable bonds is 3. The summed E-state index contributed by atoms with van der Waals surface area (Å²) < 4.78 is 0. The molecule has 1 aliphatic rings. The van der Waals surface area contributed by atoms with Crippen LogP contribution in [0.25, 0.3) is 0 Å². The van der Waals surface area contributed by atoms with E-state index in [1.165, 1.54) is 4.90 Å². The van der Waals surface area contributed by atoms with Crippen LogP contribution in [0.2, 0.25) is 0 Å². The molecule has 6 heteroatoms. The summed E-state index contributed by atoms with van der Waals surface area (Å²) in [5, 5.41) is 4.01. The fraction of sp³-hybridized carbons (Fsp3) is 0.500. The lowest BCUT2D eigenvalue weighted by Crippen LogP contribution is -2.46. The van der Waals surface area contributed by atoms with Gasteiger partial charge in [-0.15, -0.1) is 11.8 Å². The van der Waals surface area contributed by atoms with Crippen LogP contribution in [0, 0.1) is 0 Å². The summed E-state index contributed by atoms with van der Waals surface area (Å²) in [5.41, 5.74) is 1.11. The molecule has 0 N–H and O–H groups in total. The predicted octanol–water partition coefficient (Wildman–Crippen LogP) is 1.80. The molecule has 1 aromatic heterocycles. The fourth-order valence-corrected chi connectivity index (χ4v) is 4.03. The lowest BCUT2D eigenvalue weighted by Gasteiger charge is -2.30. The van der Waals surface area contributed by atoms with E-state index in [-0.39, 0.29) is 17.2 Å². The van der Waals surface area contributed by atoms with E-state index in [1.807, 2.05) is 16.8 Å². The summed E-state index contributed by atoms with van der Waals surface area (Å²) in [6, 6.07) is 1.60. The highest BCUT2D eigenvalue weighted by molar-refractivity contribution is 8.00. The van der Waals surface area contributed by atoms with Crippen molar-refractivity contribution in [1.82, 2.24) is 9.80 Å². The monoisotopic (exact) mass is 284 g/mol. The zero-order chi connectivity index (χ0) is 13.3. The molecule has 0 saturated carbocycles. The molecule has 0 spiro atoms. The van der Waals surface area contributed by atoms with E-state index in [9.17, 15) is 9.59 Å². The first-order valence-electron chi connectivity index (χ1n) is 5.68. The molecular formula is C12H16N2O2S2. The molecule has 1 fully saturated rings. The highest BCUT2D eigenvalue weighted by Gasteiger charge is 2.39. The van der Waals surface area contributed by atoms with Crippen LogP contribution in [0.4, 0.5) is 0 Å². The quantitative estimate of drug-likeness (QED) is 0.850. The van der Waals surface area contributed by atoms with Crippen molar-refractivity contribution in [2.75, 3.05) is 19.8 Å². The lowest BCUT2D eigenvalue weighted by molar-refractivity contribution is -0.142. The molecule has 2 atom stereocenters. The zero-order valence-corrected chi connectivity index (χ0v) is 12.3. The maximum atomic E-state index is 12.0. The Labute approximate surface area is 115 Å². The molecule has 0 aliphatic carbocycles. The second-order valence-corrected chi connectivity index (χ2v) is 6.28. The van der Waals surface area contributed by atoms with E-state index in [0.29, 0.717) is 5.75 Å². The first-order chi connectivity index (χ1) is 8.52. The molecule has 2 rings (SSSR count). The molecule has 1 aromatic rings. The van der Waals surface area contributed by atoms with Crippen molar-refractivity contribution in [2.45, 2.75) is 18.3 Å².